The molecule has 3 rings (SSSR count). The molecule has 0 saturated carbocycles. The Morgan fingerprint density at radius 3 is 2.55 bits per heavy atom. The molecule has 20 heavy (non-hydrogen) atoms. The molecule has 0 aliphatic rings. The molecular weight excluding hydrogens is 252 g/mol. The fourth-order valence-corrected chi connectivity index (χ4v) is 2.48. The van der Waals surface area contributed by atoms with E-state index in [1.54, 1.807) is 13.2 Å². The van der Waals surface area contributed by atoms with Crippen LogP contribution in [0, 0.1) is 6.92 Å². The maximum Gasteiger partial charge on any atom is 0.141 e. The summed E-state index contributed by atoms with van der Waals surface area (Å²) in [5, 5.41) is 12.7. The number of ether oxygens (including phenoxy) is 1. The van der Waals surface area contributed by atoms with Gasteiger partial charge in [-0.15, -0.1) is 0 Å². The van der Waals surface area contributed by atoms with E-state index in [4.69, 9.17) is 9.15 Å². The Labute approximate surface area is 117 Å². The van der Waals surface area contributed by atoms with Gasteiger partial charge in [0.2, 0.25) is 0 Å². The minimum absolute atomic E-state index is 0.525. The van der Waals surface area contributed by atoms with Gasteiger partial charge in [0.1, 0.15) is 23.4 Å². The van der Waals surface area contributed by atoms with Crippen LogP contribution in [0.4, 0.5) is 0 Å². The van der Waals surface area contributed by atoms with Crippen molar-refractivity contribution < 1.29 is 14.3 Å². The van der Waals surface area contributed by atoms with E-state index < -0.39 is 6.10 Å². The molecule has 0 aliphatic carbocycles. The zero-order valence-corrected chi connectivity index (χ0v) is 11.5. The highest BCUT2D eigenvalue weighted by atomic mass is 16.5. The standard InChI is InChI=1S/C17H16O3/c1-11-7-9-15(20-11)17(18)16-13-6-4-3-5-12(13)8-10-14(16)19-2/h3-10,17-18H,1-2H3. The Balaban J connectivity index is 2.22. The van der Waals surface area contributed by atoms with Gasteiger partial charge in [0.15, 0.2) is 0 Å². The third-order valence-corrected chi connectivity index (χ3v) is 3.45. The first-order chi connectivity index (χ1) is 9.70. The quantitative estimate of drug-likeness (QED) is 0.785. The number of aliphatic hydroxyl groups is 1. The van der Waals surface area contributed by atoms with Crippen LogP contribution in [0.5, 0.6) is 5.75 Å². The third kappa shape index (κ3) is 2.06. The number of aliphatic hydroxyl groups excluding tert-OH is 1. The Kier molecular flexibility index (Phi) is 3.20. The first-order valence-electron chi connectivity index (χ1n) is 6.50. The average Bonchev–Trinajstić information content (AvgIpc) is 2.92. The van der Waals surface area contributed by atoms with E-state index in [2.05, 4.69) is 0 Å². The van der Waals surface area contributed by atoms with Crippen molar-refractivity contribution in [1.82, 2.24) is 0 Å². The van der Waals surface area contributed by atoms with Crippen molar-refractivity contribution in [2.75, 3.05) is 7.11 Å². The predicted octanol–water partition coefficient (Wildman–Crippen LogP) is 3.83. The van der Waals surface area contributed by atoms with Crippen LogP contribution in [0.25, 0.3) is 10.8 Å². The highest BCUT2D eigenvalue weighted by Crippen LogP contribution is 2.36. The molecule has 0 saturated heterocycles. The minimum atomic E-state index is -0.843. The lowest BCUT2D eigenvalue weighted by atomic mass is 9.98. The predicted molar refractivity (Wildman–Crippen MR) is 78.0 cm³/mol. The largest absolute Gasteiger partial charge is 0.496 e. The average molecular weight is 268 g/mol. The summed E-state index contributed by atoms with van der Waals surface area (Å²) in [6.07, 6.45) is -0.843. The molecule has 3 aromatic rings. The van der Waals surface area contributed by atoms with Crippen molar-refractivity contribution in [3.05, 3.63) is 65.6 Å². The van der Waals surface area contributed by atoms with Gasteiger partial charge in [0, 0.05) is 5.56 Å². The number of methoxy groups -OCH3 is 1. The number of hydrogen-bond acceptors (Lipinski definition) is 3. The fraction of sp³-hybridized carbons (Fsp3) is 0.176. The summed E-state index contributed by atoms with van der Waals surface area (Å²) < 4.78 is 10.9. The Morgan fingerprint density at radius 2 is 1.85 bits per heavy atom. The van der Waals surface area contributed by atoms with Crippen molar-refractivity contribution in [3.63, 3.8) is 0 Å². The Bertz CT molecular complexity index is 743. The lowest BCUT2D eigenvalue weighted by Crippen LogP contribution is -2.02. The highest BCUT2D eigenvalue weighted by Gasteiger charge is 2.21. The lowest BCUT2D eigenvalue weighted by molar-refractivity contribution is 0.185. The summed E-state index contributed by atoms with van der Waals surface area (Å²) in [5.74, 6) is 1.96. The molecule has 2 aromatic carbocycles. The summed E-state index contributed by atoms with van der Waals surface area (Å²) in [7, 11) is 1.60. The molecule has 0 fully saturated rings. The van der Waals surface area contributed by atoms with Gasteiger partial charge in [0.05, 0.1) is 7.11 Å². The van der Waals surface area contributed by atoms with Crippen LogP contribution in [-0.4, -0.2) is 12.2 Å². The molecule has 1 aromatic heterocycles. The van der Waals surface area contributed by atoms with Gasteiger partial charge in [-0.25, -0.2) is 0 Å². The normalized spacial score (nSPS) is 12.6. The van der Waals surface area contributed by atoms with Gasteiger partial charge in [-0.05, 0) is 35.9 Å². The first-order valence-corrected chi connectivity index (χ1v) is 6.50. The highest BCUT2D eigenvalue weighted by molar-refractivity contribution is 5.88. The molecule has 0 bridgehead atoms. The van der Waals surface area contributed by atoms with Crippen molar-refractivity contribution in [3.8, 4) is 5.75 Å². The SMILES string of the molecule is COc1ccc2ccccc2c1C(O)c1ccc(C)o1. The molecular formula is C17H16O3. The van der Waals surface area contributed by atoms with Gasteiger partial charge >= 0.3 is 0 Å². The summed E-state index contributed by atoms with van der Waals surface area (Å²) in [6, 6.07) is 15.4. The number of benzene rings is 2. The van der Waals surface area contributed by atoms with Crippen LogP contribution in [0.15, 0.2) is 52.9 Å². The number of rotatable bonds is 3. The van der Waals surface area contributed by atoms with Gasteiger partial charge in [-0.3, -0.25) is 0 Å². The van der Waals surface area contributed by atoms with E-state index in [0.717, 1.165) is 22.1 Å². The van der Waals surface area contributed by atoms with E-state index in [9.17, 15) is 5.11 Å². The molecule has 3 nitrogen and oxygen atoms in total. The van der Waals surface area contributed by atoms with Crippen molar-refractivity contribution in [1.29, 1.82) is 0 Å². The number of furan rings is 1. The molecule has 1 unspecified atom stereocenters. The Morgan fingerprint density at radius 1 is 1.05 bits per heavy atom. The second-order valence-corrected chi connectivity index (χ2v) is 4.75. The molecule has 1 N–H and O–H groups in total. The van der Waals surface area contributed by atoms with Crippen molar-refractivity contribution in [2.45, 2.75) is 13.0 Å². The van der Waals surface area contributed by atoms with Crippen molar-refractivity contribution in [2.24, 2.45) is 0 Å². The zero-order chi connectivity index (χ0) is 14.1. The molecule has 1 heterocycles. The van der Waals surface area contributed by atoms with Crippen LogP contribution < -0.4 is 4.74 Å². The maximum atomic E-state index is 10.6. The van der Waals surface area contributed by atoms with Crippen LogP contribution in [0.2, 0.25) is 0 Å². The first kappa shape index (κ1) is 12.8. The van der Waals surface area contributed by atoms with Gasteiger partial charge < -0.3 is 14.3 Å². The number of aryl methyl sites for hydroxylation is 1. The van der Waals surface area contributed by atoms with Crippen molar-refractivity contribution >= 4 is 10.8 Å². The van der Waals surface area contributed by atoms with E-state index in [1.807, 2.05) is 49.4 Å². The monoisotopic (exact) mass is 268 g/mol. The second-order valence-electron chi connectivity index (χ2n) is 4.75. The molecule has 102 valence electrons. The van der Waals surface area contributed by atoms with Gasteiger partial charge in [-0.1, -0.05) is 30.3 Å². The Hall–Kier alpha value is -2.26. The smallest absolute Gasteiger partial charge is 0.141 e. The van der Waals surface area contributed by atoms with E-state index in [0.29, 0.717) is 11.5 Å². The maximum absolute atomic E-state index is 10.6. The van der Waals surface area contributed by atoms with Gasteiger partial charge in [-0.2, -0.15) is 0 Å². The van der Waals surface area contributed by atoms with E-state index in [1.165, 1.54) is 0 Å². The molecule has 0 spiro atoms. The summed E-state index contributed by atoms with van der Waals surface area (Å²) in [5.41, 5.74) is 0.736. The van der Waals surface area contributed by atoms with Crippen LogP contribution in [0.3, 0.4) is 0 Å². The molecule has 3 heteroatoms. The van der Waals surface area contributed by atoms with Gasteiger partial charge in [0.25, 0.3) is 0 Å². The summed E-state index contributed by atoms with van der Waals surface area (Å²) in [4.78, 5) is 0. The molecule has 0 radical (unpaired) electrons. The second kappa shape index (κ2) is 5.02. The summed E-state index contributed by atoms with van der Waals surface area (Å²) >= 11 is 0. The summed E-state index contributed by atoms with van der Waals surface area (Å²) in [6.45, 7) is 1.86. The minimum Gasteiger partial charge on any atom is -0.496 e. The lowest BCUT2D eigenvalue weighted by Gasteiger charge is -2.16. The fourth-order valence-electron chi connectivity index (χ4n) is 2.48. The third-order valence-electron chi connectivity index (χ3n) is 3.45. The number of fused-ring (bicyclic) bond motifs is 1. The van der Waals surface area contributed by atoms with E-state index >= 15 is 0 Å². The zero-order valence-electron chi connectivity index (χ0n) is 11.5. The van der Waals surface area contributed by atoms with E-state index in [-0.39, 0.29) is 0 Å². The van der Waals surface area contributed by atoms with Crippen LogP contribution >= 0.6 is 0 Å². The molecule has 0 amide bonds. The molecule has 0 aliphatic heterocycles. The van der Waals surface area contributed by atoms with Crippen LogP contribution in [0.1, 0.15) is 23.2 Å². The van der Waals surface area contributed by atoms with Crippen LogP contribution in [-0.2, 0) is 0 Å². The number of hydrogen-bond donors (Lipinski definition) is 1. The topological polar surface area (TPSA) is 42.6 Å². The molecule has 1 atom stereocenters.